The molecule has 9 nitrogen and oxygen atoms in total. The molecule has 8 atom stereocenters. The van der Waals surface area contributed by atoms with Gasteiger partial charge in [-0.3, -0.25) is 19.5 Å². The van der Waals surface area contributed by atoms with Gasteiger partial charge in [0.15, 0.2) is 12.1 Å². The predicted molar refractivity (Wildman–Crippen MR) is 168 cm³/mol. The third kappa shape index (κ3) is 7.57. The van der Waals surface area contributed by atoms with Crippen molar-refractivity contribution >= 4 is 11.8 Å². The molecule has 0 bridgehead atoms. The predicted octanol–water partition coefficient (Wildman–Crippen LogP) is 5.21. The first kappa shape index (κ1) is 34.2. The zero-order valence-electron chi connectivity index (χ0n) is 27.5. The van der Waals surface area contributed by atoms with Crippen molar-refractivity contribution in [2.24, 2.45) is 17.3 Å². The first-order chi connectivity index (χ1) is 20.8. The minimum atomic E-state index is -1.44. The maximum atomic E-state index is 14.1. The number of hydrogen-bond acceptors (Lipinski definition) is 9. The van der Waals surface area contributed by atoms with E-state index < -0.39 is 41.4 Å². The van der Waals surface area contributed by atoms with Gasteiger partial charge in [-0.2, -0.15) is 0 Å². The maximum Gasteiger partial charge on any atom is 0.319 e. The lowest BCUT2D eigenvalue weighted by molar-refractivity contribution is -0.285. The number of cyclic esters (lactones) is 1. The lowest BCUT2D eigenvalue weighted by Gasteiger charge is -2.45. The van der Waals surface area contributed by atoms with Gasteiger partial charge in [0.2, 0.25) is 0 Å². The van der Waals surface area contributed by atoms with E-state index in [1.807, 2.05) is 51.4 Å². The summed E-state index contributed by atoms with van der Waals surface area (Å²) in [5.74, 6) is -1.55. The molecule has 0 unspecified atom stereocenters. The highest BCUT2D eigenvalue weighted by atomic mass is 16.7. The van der Waals surface area contributed by atoms with E-state index in [4.69, 9.17) is 18.9 Å². The van der Waals surface area contributed by atoms with E-state index in [2.05, 4.69) is 28.9 Å². The van der Waals surface area contributed by atoms with E-state index in [-0.39, 0.29) is 30.5 Å². The van der Waals surface area contributed by atoms with Crippen molar-refractivity contribution in [3.05, 3.63) is 54.4 Å². The average molecular weight is 611 g/mol. The molecule has 2 aliphatic heterocycles. The first-order valence-electron chi connectivity index (χ1n) is 15.7. The van der Waals surface area contributed by atoms with Gasteiger partial charge in [-0.25, -0.2) is 0 Å². The van der Waals surface area contributed by atoms with E-state index in [0.29, 0.717) is 19.4 Å². The largest absolute Gasteiger partial charge is 0.463 e. The lowest BCUT2D eigenvalue weighted by atomic mass is 9.74. The molecule has 2 aromatic rings. The number of pyridine rings is 1. The van der Waals surface area contributed by atoms with E-state index in [1.54, 1.807) is 34.1 Å². The number of rotatable bonds is 5. The molecule has 1 N–H and O–H groups in total. The number of methoxy groups -OCH3 is 1. The minimum absolute atomic E-state index is 0.0904. The van der Waals surface area contributed by atoms with Crippen molar-refractivity contribution in [3.8, 4) is 11.1 Å². The third-order valence-corrected chi connectivity index (χ3v) is 9.44. The number of likely N-dealkylation sites (N-methyl/N-ethyl adjacent to an activating group) is 1. The number of hydrogen-bond donors (Lipinski definition) is 1. The van der Waals surface area contributed by atoms with Crippen LogP contribution in [-0.2, 0) is 28.5 Å². The molecule has 4 rings (SSSR count). The van der Waals surface area contributed by atoms with Crippen molar-refractivity contribution < 1.29 is 33.6 Å². The molecule has 9 heteroatoms. The highest BCUT2D eigenvalue weighted by Crippen LogP contribution is 2.38. The number of carbonyl (C=O) groups excluding carboxylic acids is 2. The fourth-order valence-corrected chi connectivity index (χ4v) is 6.73. The Balaban J connectivity index is 1.67. The molecule has 1 aromatic carbocycles. The number of ether oxygens (including phenoxy) is 4. The second-order valence-electron chi connectivity index (χ2n) is 13.5. The lowest BCUT2D eigenvalue weighted by Crippen LogP contribution is -2.56. The highest BCUT2D eigenvalue weighted by molar-refractivity contribution is 6.04. The summed E-state index contributed by atoms with van der Waals surface area (Å²) in [4.78, 5) is 34.1. The third-order valence-electron chi connectivity index (χ3n) is 9.44. The Kier molecular flexibility index (Phi) is 11.0. The van der Waals surface area contributed by atoms with Gasteiger partial charge in [-0.1, -0.05) is 44.2 Å². The number of aliphatic hydroxyl groups excluding tert-OH is 1. The van der Waals surface area contributed by atoms with Crippen LogP contribution in [-0.4, -0.2) is 84.3 Å². The number of ketones is 1. The summed E-state index contributed by atoms with van der Waals surface area (Å²) >= 11 is 0. The van der Waals surface area contributed by atoms with Gasteiger partial charge in [0.25, 0.3) is 0 Å². The molecule has 0 amide bonds. The average Bonchev–Trinajstić information content (AvgIpc) is 3.00. The van der Waals surface area contributed by atoms with Crippen LogP contribution in [0.5, 0.6) is 0 Å². The van der Waals surface area contributed by atoms with Gasteiger partial charge < -0.3 is 24.1 Å². The number of aliphatic hydroxyl groups is 1. The highest BCUT2D eigenvalue weighted by Gasteiger charge is 2.50. The van der Waals surface area contributed by atoms with Crippen LogP contribution in [0, 0.1) is 17.3 Å². The zero-order valence-corrected chi connectivity index (χ0v) is 27.5. The van der Waals surface area contributed by atoms with Crippen molar-refractivity contribution in [2.45, 2.75) is 97.0 Å². The van der Waals surface area contributed by atoms with Crippen molar-refractivity contribution in [1.82, 2.24) is 9.88 Å². The van der Waals surface area contributed by atoms with E-state index in [9.17, 15) is 14.7 Å². The fourth-order valence-electron chi connectivity index (χ4n) is 6.73. The van der Waals surface area contributed by atoms with Gasteiger partial charge >= 0.3 is 5.97 Å². The zero-order chi connectivity index (χ0) is 32.2. The van der Waals surface area contributed by atoms with Crippen LogP contribution in [0.2, 0.25) is 0 Å². The molecular weight excluding hydrogens is 560 g/mol. The van der Waals surface area contributed by atoms with Gasteiger partial charge in [-0.15, -0.1) is 0 Å². The Morgan fingerprint density at radius 1 is 1.02 bits per heavy atom. The topological polar surface area (TPSA) is 107 Å². The van der Waals surface area contributed by atoms with Gasteiger partial charge in [-0.05, 0) is 82.7 Å². The van der Waals surface area contributed by atoms with E-state index >= 15 is 0 Å². The first-order valence-corrected chi connectivity index (χ1v) is 15.7. The molecule has 2 aliphatic rings. The SMILES string of the molecule is CO[C@]1(C)C[C@@H](C)CN(C)[C@H](c2ccc(-c3cccnc3)cc2)COC(=O)C(C)(C)C(=O)[C@H](C)[C@H]1O[C@@H]1O[C@H](C)CC[C@H]1O. The quantitative estimate of drug-likeness (QED) is 0.361. The van der Waals surface area contributed by atoms with Crippen LogP contribution in [0.25, 0.3) is 11.1 Å². The molecule has 44 heavy (non-hydrogen) atoms. The molecule has 0 aliphatic carbocycles. The summed E-state index contributed by atoms with van der Waals surface area (Å²) in [6.07, 6.45) is 2.78. The van der Waals surface area contributed by atoms with Crippen molar-refractivity contribution in [3.63, 3.8) is 0 Å². The second-order valence-corrected chi connectivity index (χ2v) is 13.5. The van der Waals surface area contributed by atoms with Gasteiger partial charge in [0.1, 0.15) is 18.1 Å². The number of Topliss-reactive ketones (excluding diaryl/α,β-unsaturated/α-hetero) is 1. The molecule has 1 aromatic heterocycles. The molecule has 3 heterocycles. The van der Waals surface area contributed by atoms with E-state index in [0.717, 1.165) is 23.1 Å². The summed E-state index contributed by atoms with van der Waals surface area (Å²) in [6, 6.07) is 11.9. The number of esters is 1. The number of aromatic nitrogens is 1. The van der Waals surface area contributed by atoms with Crippen LogP contribution in [0.15, 0.2) is 48.8 Å². The number of carbonyl (C=O) groups is 2. The Hall–Kier alpha value is -2.69. The Morgan fingerprint density at radius 2 is 1.73 bits per heavy atom. The van der Waals surface area contributed by atoms with Gasteiger partial charge in [0, 0.05) is 32.0 Å². The maximum absolute atomic E-state index is 14.1. The van der Waals surface area contributed by atoms with Gasteiger partial charge in [0.05, 0.1) is 23.9 Å². The second kappa shape index (κ2) is 14.2. The Morgan fingerprint density at radius 3 is 2.36 bits per heavy atom. The fraction of sp³-hybridized carbons (Fsp3) is 0.629. The standard InChI is InChI=1S/C35H50N2O7/c1-22-18-35(6,41-8)31(44-32-29(38)16-11-23(2)43-32)24(3)30(39)34(4,5)33(40)42-21-28(37(7)20-22)26-14-12-25(13-15-26)27-10-9-17-36-19-27/h9-10,12-15,17,19,22-24,28-29,31-32,38H,11,16,18,20-21H2,1-8H3/t22-,23-,24+,28+,29-,31-,32+,35-/m1/s1. The van der Waals surface area contributed by atoms with Crippen LogP contribution in [0.4, 0.5) is 0 Å². The van der Waals surface area contributed by atoms with Crippen LogP contribution >= 0.6 is 0 Å². The van der Waals surface area contributed by atoms with Crippen LogP contribution < -0.4 is 0 Å². The smallest absolute Gasteiger partial charge is 0.319 e. The van der Waals surface area contributed by atoms with Crippen molar-refractivity contribution in [1.29, 1.82) is 0 Å². The Bertz CT molecular complexity index is 1250. The van der Waals surface area contributed by atoms with E-state index in [1.165, 1.54) is 0 Å². The van der Waals surface area contributed by atoms with Crippen LogP contribution in [0.3, 0.4) is 0 Å². The molecule has 2 saturated heterocycles. The number of nitrogens with zero attached hydrogens (tertiary/aromatic N) is 2. The summed E-state index contributed by atoms with van der Waals surface area (Å²) in [5.41, 5.74) is 0.702. The molecule has 2 fully saturated rings. The van der Waals surface area contributed by atoms with Crippen molar-refractivity contribution in [2.75, 3.05) is 27.3 Å². The molecule has 0 radical (unpaired) electrons. The number of benzene rings is 1. The Labute approximate surface area is 262 Å². The summed E-state index contributed by atoms with van der Waals surface area (Å²) in [6.45, 7) is 11.8. The molecule has 0 saturated carbocycles. The minimum Gasteiger partial charge on any atom is -0.463 e. The summed E-state index contributed by atoms with van der Waals surface area (Å²) in [7, 11) is 3.64. The molecule has 0 spiro atoms. The normalized spacial score (nSPS) is 34.3. The summed E-state index contributed by atoms with van der Waals surface area (Å²) in [5, 5.41) is 10.7. The monoisotopic (exact) mass is 610 g/mol. The molecular formula is C35H50N2O7. The molecule has 242 valence electrons. The van der Waals surface area contributed by atoms with Crippen LogP contribution in [0.1, 0.15) is 72.4 Å². The summed E-state index contributed by atoms with van der Waals surface area (Å²) < 4.78 is 24.6.